The van der Waals surface area contributed by atoms with Crippen molar-refractivity contribution in [1.82, 2.24) is 0 Å². The Hall–Kier alpha value is -4.19. The highest BCUT2D eigenvalue weighted by atomic mass is 16.5. The van der Waals surface area contributed by atoms with Crippen molar-refractivity contribution >= 4 is 29.0 Å². The summed E-state index contributed by atoms with van der Waals surface area (Å²) in [6.45, 7) is 6.59. The van der Waals surface area contributed by atoms with E-state index in [-0.39, 0.29) is 28.9 Å². The Morgan fingerprint density at radius 3 is 2.17 bits per heavy atom. The number of carbonyl (C=O) groups excluding carboxylic acids is 3. The third kappa shape index (κ3) is 5.08. The van der Waals surface area contributed by atoms with Gasteiger partial charge < -0.3 is 10.1 Å². The van der Waals surface area contributed by atoms with Gasteiger partial charge in [-0.2, -0.15) is 0 Å². The Morgan fingerprint density at radius 2 is 1.54 bits per heavy atom. The zero-order chi connectivity index (χ0) is 28.9. The summed E-state index contributed by atoms with van der Waals surface area (Å²) in [6.07, 6.45) is 2.73. The molecule has 6 heteroatoms. The van der Waals surface area contributed by atoms with Crippen molar-refractivity contribution in [2.45, 2.75) is 63.8 Å². The van der Waals surface area contributed by atoms with E-state index in [1.807, 2.05) is 41.3 Å². The van der Waals surface area contributed by atoms with Gasteiger partial charge in [-0.25, -0.2) is 4.79 Å². The number of allylic oxidation sites excluding steroid dienone is 1. The Kier molecular flexibility index (Phi) is 6.80. The third-order valence-corrected chi connectivity index (χ3v) is 8.55. The summed E-state index contributed by atoms with van der Waals surface area (Å²) >= 11 is 0. The van der Waals surface area contributed by atoms with Crippen molar-refractivity contribution in [2.24, 2.45) is 5.92 Å². The van der Waals surface area contributed by atoms with Crippen LogP contribution in [-0.2, 0) is 19.7 Å². The fourth-order valence-corrected chi connectivity index (χ4v) is 6.09. The maximum absolute atomic E-state index is 14.2. The van der Waals surface area contributed by atoms with Gasteiger partial charge in [0.05, 0.1) is 30.1 Å². The number of benzene rings is 3. The quantitative estimate of drug-likeness (QED) is 0.353. The van der Waals surface area contributed by atoms with Crippen LogP contribution in [0.25, 0.3) is 0 Å². The molecule has 41 heavy (non-hydrogen) atoms. The molecule has 1 N–H and O–H groups in total. The van der Waals surface area contributed by atoms with Crippen molar-refractivity contribution in [3.8, 4) is 0 Å². The summed E-state index contributed by atoms with van der Waals surface area (Å²) in [5.41, 5.74) is 6.73. The minimum absolute atomic E-state index is 0.0303. The average Bonchev–Trinajstić information content (AvgIpc) is 3.82. The van der Waals surface area contributed by atoms with E-state index in [0.29, 0.717) is 24.0 Å². The first-order valence-electron chi connectivity index (χ1n) is 14.4. The number of esters is 1. The van der Waals surface area contributed by atoms with Gasteiger partial charge in [0.15, 0.2) is 5.78 Å². The van der Waals surface area contributed by atoms with Crippen LogP contribution in [0.15, 0.2) is 84.1 Å². The van der Waals surface area contributed by atoms with E-state index in [0.717, 1.165) is 41.0 Å². The molecule has 0 spiro atoms. The van der Waals surface area contributed by atoms with Gasteiger partial charge in [0.25, 0.3) is 0 Å². The van der Waals surface area contributed by atoms with Crippen LogP contribution < -0.4 is 10.2 Å². The maximum Gasteiger partial charge on any atom is 0.337 e. The highest BCUT2D eigenvalue weighted by Gasteiger charge is 2.45. The SMILES string of the molecule is COC(=O)c1ccc([C@@H]2C3=C(C[C@H](c4ccc(C(C)(C)C)cc4)CC3=O)Nc3ccccc3N2C(=O)C2CC2)cc1. The van der Waals surface area contributed by atoms with Crippen molar-refractivity contribution < 1.29 is 19.1 Å². The Bertz CT molecular complexity index is 1540. The second-order valence-corrected chi connectivity index (χ2v) is 12.4. The van der Waals surface area contributed by atoms with E-state index < -0.39 is 12.0 Å². The van der Waals surface area contributed by atoms with Gasteiger partial charge in [0.2, 0.25) is 5.91 Å². The predicted molar refractivity (Wildman–Crippen MR) is 160 cm³/mol. The Morgan fingerprint density at radius 1 is 0.878 bits per heavy atom. The minimum atomic E-state index is -0.599. The van der Waals surface area contributed by atoms with Crippen LogP contribution in [0.1, 0.15) is 85.5 Å². The van der Waals surface area contributed by atoms with E-state index in [9.17, 15) is 14.4 Å². The van der Waals surface area contributed by atoms with Crippen molar-refractivity contribution in [3.05, 3.63) is 106 Å². The molecule has 1 amide bonds. The van der Waals surface area contributed by atoms with Crippen LogP contribution in [0.4, 0.5) is 11.4 Å². The van der Waals surface area contributed by atoms with E-state index >= 15 is 0 Å². The van der Waals surface area contributed by atoms with Crippen molar-refractivity contribution in [1.29, 1.82) is 0 Å². The fraction of sp³-hybridized carbons (Fsp3) is 0.343. The number of rotatable bonds is 4. The molecule has 6 nitrogen and oxygen atoms in total. The number of hydrogen-bond acceptors (Lipinski definition) is 5. The molecule has 6 rings (SSSR count). The molecule has 0 aromatic heterocycles. The second-order valence-electron chi connectivity index (χ2n) is 12.4. The second kappa shape index (κ2) is 10.3. The number of para-hydroxylation sites is 2. The zero-order valence-electron chi connectivity index (χ0n) is 24.1. The number of carbonyl (C=O) groups is 3. The van der Waals surface area contributed by atoms with Crippen LogP contribution in [-0.4, -0.2) is 24.8 Å². The van der Waals surface area contributed by atoms with E-state index in [4.69, 9.17) is 4.74 Å². The standard InChI is InChI=1S/C35H36N2O4/c1-35(2,3)26-17-15-21(16-18-26)25-19-28-31(30(38)20-25)32(22-9-13-24(14-10-22)34(40)41-4)37(33(39)23-11-12-23)29-8-6-5-7-27(29)36-28/h5-10,13-18,23,25,32,36H,11-12,19-20H2,1-4H3/t25-,32+/m0/s1. The molecule has 3 aromatic carbocycles. The molecular formula is C35H36N2O4. The molecule has 1 fully saturated rings. The molecule has 0 radical (unpaired) electrons. The number of nitrogens with one attached hydrogen (secondary N) is 1. The van der Waals surface area contributed by atoms with E-state index in [2.05, 4.69) is 50.4 Å². The molecule has 210 valence electrons. The van der Waals surface area contributed by atoms with Crippen LogP contribution in [0.3, 0.4) is 0 Å². The molecule has 1 aliphatic heterocycles. The Balaban J connectivity index is 1.47. The fourth-order valence-electron chi connectivity index (χ4n) is 6.09. The average molecular weight is 549 g/mol. The molecule has 2 atom stereocenters. The van der Waals surface area contributed by atoms with Crippen LogP contribution in [0.5, 0.6) is 0 Å². The summed E-state index contributed by atoms with van der Waals surface area (Å²) in [5.74, 6) is -0.378. The number of ether oxygens (including phenoxy) is 1. The third-order valence-electron chi connectivity index (χ3n) is 8.55. The van der Waals surface area contributed by atoms with Crippen molar-refractivity contribution in [3.63, 3.8) is 0 Å². The molecule has 0 saturated heterocycles. The minimum Gasteiger partial charge on any atom is -0.465 e. The molecular weight excluding hydrogens is 512 g/mol. The summed E-state index contributed by atoms with van der Waals surface area (Å²) in [6, 6.07) is 22.9. The first-order chi connectivity index (χ1) is 19.7. The summed E-state index contributed by atoms with van der Waals surface area (Å²) in [5, 5.41) is 3.60. The molecule has 0 bridgehead atoms. The number of anilines is 2. The maximum atomic E-state index is 14.2. The summed E-state index contributed by atoms with van der Waals surface area (Å²) in [7, 11) is 1.35. The lowest BCUT2D eigenvalue weighted by Gasteiger charge is -2.35. The van der Waals surface area contributed by atoms with Gasteiger partial charge in [-0.05, 0) is 71.6 Å². The Labute approximate surface area is 241 Å². The number of Topliss-reactive ketones (excluding diaryl/α,β-unsaturated/α-hetero) is 1. The lowest BCUT2D eigenvalue weighted by molar-refractivity contribution is -0.120. The van der Waals surface area contributed by atoms with E-state index in [1.165, 1.54) is 12.7 Å². The van der Waals surface area contributed by atoms with Gasteiger partial charge in [0.1, 0.15) is 0 Å². The van der Waals surface area contributed by atoms with Gasteiger partial charge in [-0.15, -0.1) is 0 Å². The van der Waals surface area contributed by atoms with Gasteiger partial charge in [-0.3, -0.25) is 14.5 Å². The number of methoxy groups -OCH3 is 1. The molecule has 3 aromatic rings. The summed E-state index contributed by atoms with van der Waals surface area (Å²) < 4.78 is 4.89. The molecule has 1 heterocycles. The summed E-state index contributed by atoms with van der Waals surface area (Å²) in [4.78, 5) is 42.1. The van der Waals surface area contributed by atoms with Crippen LogP contribution in [0, 0.1) is 5.92 Å². The highest BCUT2D eigenvalue weighted by Crippen LogP contribution is 2.49. The number of nitrogens with zero attached hydrogens (tertiary/aromatic N) is 1. The monoisotopic (exact) mass is 548 g/mol. The molecule has 2 aliphatic carbocycles. The van der Waals surface area contributed by atoms with Gasteiger partial charge in [0, 0.05) is 23.6 Å². The normalized spacial score (nSPS) is 20.5. The molecule has 1 saturated carbocycles. The first-order valence-corrected chi connectivity index (χ1v) is 14.4. The lowest BCUT2D eigenvalue weighted by Crippen LogP contribution is -2.39. The van der Waals surface area contributed by atoms with Crippen molar-refractivity contribution in [2.75, 3.05) is 17.3 Å². The predicted octanol–water partition coefficient (Wildman–Crippen LogP) is 7.08. The number of ketones is 1. The number of amides is 1. The lowest BCUT2D eigenvalue weighted by atomic mass is 9.77. The topological polar surface area (TPSA) is 75.7 Å². The van der Waals surface area contributed by atoms with Gasteiger partial charge >= 0.3 is 5.97 Å². The number of fused-ring (bicyclic) bond motifs is 1. The largest absolute Gasteiger partial charge is 0.465 e. The smallest absolute Gasteiger partial charge is 0.337 e. The number of hydrogen-bond donors (Lipinski definition) is 1. The zero-order valence-corrected chi connectivity index (χ0v) is 24.1. The first kappa shape index (κ1) is 27.0. The highest BCUT2D eigenvalue weighted by molar-refractivity contribution is 6.07. The van der Waals surface area contributed by atoms with Crippen LogP contribution >= 0.6 is 0 Å². The van der Waals surface area contributed by atoms with Crippen LogP contribution in [0.2, 0.25) is 0 Å². The van der Waals surface area contributed by atoms with Gasteiger partial charge in [-0.1, -0.05) is 69.3 Å². The molecule has 3 aliphatic rings. The van der Waals surface area contributed by atoms with E-state index in [1.54, 1.807) is 12.1 Å². The molecule has 0 unspecified atom stereocenters.